The predicted molar refractivity (Wildman–Crippen MR) is 90.6 cm³/mol. The summed E-state index contributed by atoms with van der Waals surface area (Å²) >= 11 is 0. The highest BCUT2D eigenvalue weighted by atomic mass is 16.5. The van der Waals surface area contributed by atoms with Gasteiger partial charge in [0.15, 0.2) is 0 Å². The van der Waals surface area contributed by atoms with Gasteiger partial charge in [-0.05, 0) is 51.0 Å². The van der Waals surface area contributed by atoms with Crippen molar-refractivity contribution in [2.75, 3.05) is 13.2 Å². The van der Waals surface area contributed by atoms with E-state index in [4.69, 9.17) is 4.74 Å². The van der Waals surface area contributed by atoms with E-state index in [9.17, 15) is 0 Å². The standard InChI is InChI=1S/C19H37NO/c1-4-13-20-17-15-18(21-14-9-10-16(2)3)19(17)11-7-5-6-8-12-19/h16-18,20H,4-15H2,1-3H3. The van der Waals surface area contributed by atoms with Crippen LogP contribution in [0, 0.1) is 11.3 Å². The van der Waals surface area contributed by atoms with E-state index in [2.05, 4.69) is 26.1 Å². The van der Waals surface area contributed by atoms with Crippen LogP contribution in [0.3, 0.4) is 0 Å². The number of rotatable bonds is 8. The first kappa shape index (κ1) is 17.3. The Kier molecular flexibility index (Phi) is 7.01. The summed E-state index contributed by atoms with van der Waals surface area (Å²) in [7, 11) is 0. The summed E-state index contributed by atoms with van der Waals surface area (Å²) in [5.74, 6) is 0.806. The summed E-state index contributed by atoms with van der Waals surface area (Å²) in [5, 5.41) is 3.82. The van der Waals surface area contributed by atoms with Crippen LogP contribution in [-0.4, -0.2) is 25.3 Å². The predicted octanol–water partition coefficient (Wildman–Crippen LogP) is 4.92. The van der Waals surface area contributed by atoms with Gasteiger partial charge in [-0.2, -0.15) is 0 Å². The molecule has 2 atom stereocenters. The summed E-state index contributed by atoms with van der Waals surface area (Å²) in [6.07, 6.45) is 14.0. The molecule has 2 unspecified atom stereocenters. The van der Waals surface area contributed by atoms with Crippen LogP contribution in [0.15, 0.2) is 0 Å². The molecule has 21 heavy (non-hydrogen) atoms. The second kappa shape index (κ2) is 8.53. The van der Waals surface area contributed by atoms with Crippen LogP contribution in [0.2, 0.25) is 0 Å². The van der Waals surface area contributed by atoms with Crippen LogP contribution in [0.5, 0.6) is 0 Å². The van der Waals surface area contributed by atoms with Crippen LogP contribution in [-0.2, 0) is 4.74 Å². The zero-order chi connectivity index (χ0) is 15.1. The molecule has 0 amide bonds. The first-order chi connectivity index (χ1) is 10.2. The van der Waals surface area contributed by atoms with Gasteiger partial charge in [0.1, 0.15) is 0 Å². The van der Waals surface area contributed by atoms with Gasteiger partial charge in [-0.15, -0.1) is 0 Å². The molecule has 2 aliphatic carbocycles. The second-order valence-electron chi connectivity index (χ2n) is 7.79. The van der Waals surface area contributed by atoms with E-state index in [0.717, 1.165) is 18.6 Å². The van der Waals surface area contributed by atoms with Gasteiger partial charge in [0.2, 0.25) is 0 Å². The van der Waals surface area contributed by atoms with Gasteiger partial charge in [0, 0.05) is 18.1 Å². The third-order valence-electron chi connectivity index (χ3n) is 5.71. The molecule has 0 radical (unpaired) electrons. The molecule has 0 aromatic heterocycles. The van der Waals surface area contributed by atoms with Crippen LogP contribution < -0.4 is 5.32 Å². The molecule has 2 nitrogen and oxygen atoms in total. The average Bonchev–Trinajstić information content (AvgIpc) is 2.72. The van der Waals surface area contributed by atoms with Gasteiger partial charge < -0.3 is 10.1 Å². The Bertz CT molecular complexity index is 281. The Labute approximate surface area is 132 Å². The Balaban J connectivity index is 1.84. The molecular weight excluding hydrogens is 258 g/mol. The van der Waals surface area contributed by atoms with E-state index in [1.807, 2.05) is 0 Å². The maximum absolute atomic E-state index is 6.35. The molecular formula is C19H37NO. The molecule has 0 saturated heterocycles. The molecule has 1 N–H and O–H groups in total. The molecule has 0 aliphatic heterocycles. The van der Waals surface area contributed by atoms with E-state index < -0.39 is 0 Å². The van der Waals surface area contributed by atoms with Crippen molar-refractivity contribution in [2.45, 2.75) is 97.1 Å². The number of hydrogen-bond donors (Lipinski definition) is 1. The van der Waals surface area contributed by atoms with E-state index in [0.29, 0.717) is 11.5 Å². The molecule has 2 saturated carbocycles. The van der Waals surface area contributed by atoms with Gasteiger partial charge in [-0.25, -0.2) is 0 Å². The lowest BCUT2D eigenvalue weighted by Gasteiger charge is -2.56. The summed E-state index contributed by atoms with van der Waals surface area (Å²) < 4.78 is 6.35. The molecule has 0 aromatic rings. The van der Waals surface area contributed by atoms with Crippen molar-refractivity contribution < 1.29 is 4.74 Å². The number of ether oxygens (including phenoxy) is 1. The molecule has 2 aliphatic rings. The summed E-state index contributed by atoms with van der Waals surface area (Å²) in [5.41, 5.74) is 0.476. The Morgan fingerprint density at radius 3 is 2.48 bits per heavy atom. The topological polar surface area (TPSA) is 21.3 Å². The normalized spacial score (nSPS) is 28.6. The minimum absolute atomic E-state index is 0.476. The first-order valence-electron chi connectivity index (χ1n) is 9.54. The molecule has 0 bridgehead atoms. The van der Waals surface area contributed by atoms with Gasteiger partial charge in [0.05, 0.1) is 6.10 Å². The second-order valence-corrected chi connectivity index (χ2v) is 7.79. The fourth-order valence-corrected chi connectivity index (χ4v) is 4.36. The summed E-state index contributed by atoms with van der Waals surface area (Å²) in [6, 6.07) is 0.727. The van der Waals surface area contributed by atoms with Crippen LogP contribution in [0.1, 0.15) is 85.0 Å². The molecule has 2 rings (SSSR count). The van der Waals surface area contributed by atoms with Gasteiger partial charge in [-0.1, -0.05) is 46.5 Å². The molecule has 2 heteroatoms. The molecule has 2 fully saturated rings. The lowest BCUT2D eigenvalue weighted by atomic mass is 9.57. The largest absolute Gasteiger partial charge is 0.378 e. The van der Waals surface area contributed by atoms with Crippen LogP contribution in [0.4, 0.5) is 0 Å². The SMILES string of the molecule is CCCNC1CC(OCCCC(C)C)C12CCCCCC2. The van der Waals surface area contributed by atoms with Crippen molar-refractivity contribution in [1.82, 2.24) is 5.32 Å². The highest BCUT2D eigenvalue weighted by Gasteiger charge is 2.54. The number of nitrogens with one attached hydrogen (secondary N) is 1. The first-order valence-corrected chi connectivity index (χ1v) is 9.54. The molecule has 0 heterocycles. The van der Waals surface area contributed by atoms with E-state index in [1.165, 1.54) is 70.8 Å². The van der Waals surface area contributed by atoms with Crippen molar-refractivity contribution in [3.05, 3.63) is 0 Å². The lowest BCUT2D eigenvalue weighted by molar-refractivity contribution is -0.144. The molecule has 0 aromatic carbocycles. The van der Waals surface area contributed by atoms with E-state index >= 15 is 0 Å². The Morgan fingerprint density at radius 1 is 1.14 bits per heavy atom. The monoisotopic (exact) mass is 295 g/mol. The smallest absolute Gasteiger partial charge is 0.0661 e. The van der Waals surface area contributed by atoms with Crippen molar-refractivity contribution in [1.29, 1.82) is 0 Å². The quantitative estimate of drug-likeness (QED) is 0.642. The van der Waals surface area contributed by atoms with Crippen molar-refractivity contribution in [3.8, 4) is 0 Å². The van der Waals surface area contributed by atoms with Gasteiger partial charge >= 0.3 is 0 Å². The van der Waals surface area contributed by atoms with E-state index in [-0.39, 0.29) is 0 Å². The minimum Gasteiger partial charge on any atom is -0.378 e. The Hall–Kier alpha value is -0.0800. The maximum atomic E-state index is 6.35. The highest BCUT2D eigenvalue weighted by molar-refractivity contribution is 5.08. The van der Waals surface area contributed by atoms with Gasteiger partial charge in [-0.3, -0.25) is 0 Å². The third-order valence-corrected chi connectivity index (χ3v) is 5.71. The average molecular weight is 296 g/mol. The molecule has 124 valence electrons. The third kappa shape index (κ3) is 4.45. The zero-order valence-electron chi connectivity index (χ0n) is 14.6. The van der Waals surface area contributed by atoms with Crippen molar-refractivity contribution in [2.24, 2.45) is 11.3 Å². The summed E-state index contributed by atoms with van der Waals surface area (Å²) in [4.78, 5) is 0. The van der Waals surface area contributed by atoms with E-state index in [1.54, 1.807) is 0 Å². The highest BCUT2D eigenvalue weighted by Crippen LogP contribution is 2.52. The summed E-state index contributed by atoms with van der Waals surface area (Å²) in [6.45, 7) is 9.03. The Morgan fingerprint density at radius 2 is 1.86 bits per heavy atom. The fraction of sp³-hybridized carbons (Fsp3) is 1.00. The van der Waals surface area contributed by atoms with Crippen molar-refractivity contribution >= 4 is 0 Å². The van der Waals surface area contributed by atoms with Crippen molar-refractivity contribution in [3.63, 3.8) is 0 Å². The minimum atomic E-state index is 0.476. The lowest BCUT2D eigenvalue weighted by Crippen LogP contribution is -2.63. The van der Waals surface area contributed by atoms with Gasteiger partial charge in [0.25, 0.3) is 0 Å². The van der Waals surface area contributed by atoms with Crippen LogP contribution >= 0.6 is 0 Å². The van der Waals surface area contributed by atoms with Crippen LogP contribution in [0.25, 0.3) is 0 Å². The fourth-order valence-electron chi connectivity index (χ4n) is 4.36. The maximum Gasteiger partial charge on any atom is 0.0661 e. The number of hydrogen-bond acceptors (Lipinski definition) is 2. The zero-order valence-corrected chi connectivity index (χ0v) is 14.6. The molecule has 1 spiro atoms.